The van der Waals surface area contributed by atoms with Gasteiger partial charge in [-0.2, -0.15) is 0 Å². The minimum Gasteiger partial charge on any atom is -0.492 e. The molecule has 5 heteroatoms. The predicted molar refractivity (Wildman–Crippen MR) is 76.9 cm³/mol. The number of hydrogen-bond acceptors (Lipinski definition) is 3. The van der Waals surface area contributed by atoms with Crippen LogP contribution in [0.2, 0.25) is 0 Å². The Kier molecular flexibility index (Phi) is 4.02. The van der Waals surface area contributed by atoms with Gasteiger partial charge >= 0.3 is 0 Å². The van der Waals surface area contributed by atoms with E-state index in [1.54, 1.807) is 0 Å². The number of hydrogen-bond donors (Lipinski definition) is 2. The van der Waals surface area contributed by atoms with Crippen LogP contribution in [0.5, 0.6) is 5.75 Å². The molecule has 1 aromatic rings. The van der Waals surface area contributed by atoms with E-state index in [2.05, 4.69) is 10.6 Å². The Labute approximate surface area is 119 Å². The number of nitrogens with one attached hydrogen (secondary N) is 2. The van der Waals surface area contributed by atoms with Gasteiger partial charge in [0.15, 0.2) is 0 Å². The van der Waals surface area contributed by atoms with Gasteiger partial charge in [-0.05, 0) is 31.0 Å². The summed E-state index contributed by atoms with van der Waals surface area (Å²) in [5.74, 6) is 1.04. The van der Waals surface area contributed by atoms with E-state index < -0.39 is 0 Å². The molecular weight excluding hydrogens is 264 g/mol. The van der Waals surface area contributed by atoms with Crippen LogP contribution in [0.1, 0.15) is 25.3 Å². The number of fused-ring (bicyclic) bond motifs is 1. The Morgan fingerprint density at radius 3 is 2.95 bits per heavy atom. The summed E-state index contributed by atoms with van der Waals surface area (Å²) in [6, 6.07) is 5.85. The second-order valence-corrected chi connectivity index (χ2v) is 5.36. The summed E-state index contributed by atoms with van der Waals surface area (Å²) in [5, 5.41) is 6.28. The molecule has 1 aliphatic heterocycles. The zero-order valence-corrected chi connectivity index (χ0v) is 11.8. The maximum Gasteiger partial charge on any atom is 0.230 e. The number of carbonyl (C=O) groups excluding carboxylic acids is 1. The van der Waals surface area contributed by atoms with Gasteiger partial charge in [0.05, 0.1) is 0 Å². The van der Waals surface area contributed by atoms with Crippen molar-refractivity contribution in [1.82, 2.24) is 5.32 Å². The lowest BCUT2D eigenvalue weighted by atomic mass is 10.1. The van der Waals surface area contributed by atoms with Crippen molar-refractivity contribution in [2.45, 2.75) is 26.3 Å². The smallest absolute Gasteiger partial charge is 0.230 e. The molecule has 0 spiro atoms. The molecule has 0 unspecified atom stereocenters. The van der Waals surface area contributed by atoms with Gasteiger partial charge in [0.2, 0.25) is 5.91 Å². The third-order valence-corrected chi connectivity index (χ3v) is 3.72. The van der Waals surface area contributed by atoms with Crippen LogP contribution < -0.4 is 15.4 Å². The highest BCUT2D eigenvalue weighted by molar-refractivity contribution is 5.96. The molecule has 0 radical (unpaired) electrons. The molecule has 1 amide bonds. The molecule has 1 saturated carbocycles. The Morgan fingerprint density at radius 2 is 2.21 bits per heavy atom. The first-order valence-corrected chi connectivity index (χ1v) is 6.45. The van der Waals surface area contributed by atoms with E-state index >= 15 is 0 Å². The van der Waals surface area contributed by atoms with E-state index in [1.807, 2.05) is 25.1 Å². The van der Waals surface area contributed by atoms with Gasteiger partial charge in [0, 0.05) is 29.8 Å². The van der Waals surface area contributed by atoms with Crippen LogP contribution in [0.3, 0.4) is 0 Å². The van der Waals surface area contributed by atoms with Crippen molar-refractivity contribution in [2.75, 3.05) is 18.5 Å². The molecule has 104 valence electrons. The fourth-order valence-corrected chi connectivity index (χ4v) is 2.09. The highest BCUT2D eigenvalue weighted by atomic mass is 35.5. The number of carbonyl (C=O) groups is 1. The summed E-state index contributed by atoms with van der Waals surface area (Å²) < 4.78 is 5.61. The second kappa shape index (κ2) is 5.39. The largest absolute Gasteiger partial charge is 0.492 e. The third-order valence-electron chi connectivity index (χ3n) is 3.72. The maximum atomic E-state index is 12.0. The van der Waals surface area contributed by atoms with E-state index in [4.69, 9.17) is 4.74 Å². The van der Waals surface area contributed by atoms with E-state index in [0.717, 1.165) is 42.9 Å². The average Bonchev–Trinajstić information content (AvgIpc) is 3.13. The Hall–Kier alpha value is -1.26. The van der Waals surface area contributed by atoms with Gasteiger partial charge in [0.25, 0.3) is 0 Å². The minimum atomic E-state index is -0.137. The van der Waals surface area contributed by atoms with Crippen LogP contribution in [-0.4, -0.2) is 19.1 Å². The van der Waals surface area contributed by atoms with Gasteiger partial charge in [-0.3, -0.25) is 4.79 Å². The van der Waals surface area contributed by atoms with Crippen molar-refractivity contribution in [3.8, 4) is 5.75 Å². The van der Waals surface area contributed by atoms with E-state index in [1.165, 1.54) is 0 Å². The summed E-state index contributed by atoms with van der Waals surface area (Å²) in [6.45, 7) is 4.35. The zero-order chi connectivity index (χ0) is 12.6. The lowest BCUT2D eigenvalue weighted by Crippen LogP contribution is -2.21. The van der Waals surface area contributed by atoms with Gasteiger partial charge in [-0.1, -0.05) is 6.92 Å². The van der Waals surface area contributed by atoms with Crippen molar-refractivity contribution in [3.05, 3.63) is 23.8 Å². The first kappa shape index (κ1) is 14.2. The number of rotatable bonds is 2. The van der Waals surface area contributed by atoms with Crippen LogP contribution in [0.25, 0.3) is 0 Å². The van der Waals surface area contributed by atoms with Crippen LogP contribution in [-0.2, 0) is 11.3 Å². The molecule has 0 bridgehead atoms. The van der Waals surface area contributed by atoms with Gasteiger partial charge < -0.3 is 15.4 Å². The zero-order valence-electron chi connectivity index (χ0n) is 11.0. The van der Waals surface area contributed by atoms with Crippen LogP contribution in [0, 0.1) is 5.41 Å². The van der Waals surface area contributed by atoms with Gasteiger partial charge in [-0.25, -0.2) is 0 Å². The molecule has 19 heavy (non-hydrogen) atoms. The quantitative estimate of drug-likeness (QED) is 0.875. The topological polar surface area (TPSA) is 50.4 Å². The van der Waals surface area contributed by atoms with E-state index in [-0.39, 0.29) is 23.7 Å². The molecule has 4 nitrogen and oxygen atoms in total. The summed E-state index contributed by atoms with van der Waals surface area (Å²) in [4.78, 5) is 12.0. The second-order valence-electron chi connectivity index (χ2n) is 5.36. The average molecular weight is 283 g/mol. The van der Waals surface area contributed by atoms with Crippen molar-refractivity contribution in [2.24, 2.45) is 5.41 Å². The first-order chi connectivity index (χ1) is 8.67. The van der Waals surface area contributed by atoms with Gasteiger partial charge in [0.1, 0.15) is 12.4 Å². The van der Waals surface area contributed by atoms with Crippen molar-refractivity contribution < 1.29 is 9.53 Å². The molecule has 3 rings (SSSR count). The highest BCUT2D eigenvalue weighted by Crippen LogP contribution is 2.45. The van der Waals surface area contributed by atoms with Gasteiger partial charge in [-0.15, -0.1) is 12.4 Å². The van der Waals surface area contributed by atoms with Crippen molar-refractivity contribution in [1.29, 1.82) is 0 Å². The molecule has 0 atom stereocenters. The molecule has 1 aromatic carbocycles. The molecular formula is C14H19ClN2O2. The Balaban J connectivity index is 0.00000133. The maximum absolute atomic E-state index is 12.0. The van der Waals surface area contributed by atoms with Crippen molar-refractivity contribution >= 4 is 24.0 Å². The first-order valence-electron chi connectivity index (χ1n) is 6.45. The monoisotopic (exact) mass is 282 g/mol. The Bertz CT molecular complexity index is 486. The highest BCUT2D eigenvalue weighted by Gasteiger charge is 2.44. The van der Waals surface area contributed by atoms with Crippen molar-refractivity contribution in [3.63, 3.8) is 0 Å². The molecule has 1 heterocycles. The molecule has 0 saturated heterocycles. The fraction of sp³-hybridized carbons (Fsp3) is 0.500. The third kappa shape index (κ3) is 3.01. The summed E-state index contributed by atoms with van der Waals surface area (Å²) in [6.07, 6.45) is 1.99. The number of halogens is 1. The van der Waals surface area contributed by atoms with Crippen LogP contribution in [0.4, 0.5) is 5.69 Å². The molecule has 1 aliphatic carbocycles. The van der Waals surface area contributed by atoms with Crippen LogP contribution >= 0.6 is 12.4 Å². The molecule has 0 aromatic heterocycles. The Morgan fingerprint density at radius 1 is 1.42 bits per heavy atom. The van der Waals surface area contributed by atoms with Crippen LogP contribution in [0.15, 0.2) is 18.2 Å². The summed E-state index contributed by atoms with van der Waals surface area (Å²) in [7, 11) is 0. The number of anilines is 1. The summed E-state index contributed by atoms with van der Waals surface area (Å²) in [5.41, 5.74) is 1.83. The molecule has 1 fully saturated rings. The normalized spacial score (nSPS) is 19.2. The standard InChI is InChI=1S/C14H18N2O2.ClH/c1-14(4-5-14)13(17)16-11-2-3-12-10(8-11)9-15-6-7-18-12;/h2-3,8,15H,4-7,9H2,1H3,(H,16,17);1H. The number of benzene rings is 1. The molecule has 2 N–H and O–H groups in total. The molecule has 2 aliphatic rings. The lowest BCUT2D eigenvalue weighted by Gasteiger charge is -2.12. The van der Waals surface area contributed by atoms with E-state index in [0.29, 0.717) is 6.61 Å². The minimum absolute atomic E-state index is 0. The number of amides is 1. The lowest BCUT2D eigenvalue weighted by molar-refractivity contribution is -0.120. The fourth-order valence-electron chi connectivity index (χ4n) is 2.09. The predicted octanol–water partition coefficient (Wildman–Crippen LogP) is 2.33. The van der Waals surface area contributed by atoms with E-state index in [9.17, 15) is 4.79 Å². The SMILES string of the molecule is CC1(C(=O)Nc2ccc3c(c2)CNCCO3)CC1.Cl. The number of ether oxygens (including phenoxy) is 1. The summed E-state index contributed by atoms with van der Waals surface area (Å²) >= 11 is 0.